The molecule has 0 aromatic heterocycles. The minimum absolute atomic E-state index is 0.0635. The Hall–Kier alpha value is -1.22. The number of nitrogens with one attached hydrogen (secondary N) is 2. The molecule has 0 heterocycles. The van der Waals surface area contributed by atoms with Crippen LogP contribution < -0.4 is 10.6 Å². The van der Waals surface area contributed by atoms with E-state index in [0.29, 0.717) is 6.04 Å². The molecular formula is C16H23ClN2O. The van der Waals surface area contributed by atoms with Crippen molar-refractivity contribution in [1.29, 1.82) is 0 Å². The van der Waals surface area contributed by atoms with Gasteiger partial charge in [-0.05, 0) is 44.4 Å². The second-order valence-corrected chi connectivity index (χ2v) is 6.08. The van der Waals surface area contributed by atoms with Gasteiger partial charge in [0, 0.05) is 16.8 Å². The monoisotopic (exact) mass is 294 g/mol. The Balaban J connectivity index is 1.88. The maximum absolute atomic E-state index is 12.2. The molecule has 1 atom stereocenters. The van der Waals surface area contributed by atoms with Gasteiger partial charge in [0.1, 0.15) is 6.04 Å². The lowest BCUT2D eigenvalue weighted by atomic mass is 9.95. The standard InChI is InChI=1S/C16H23ClN2O/c1-11-8-9-14(10-15(11)17)18-12(2)16(20)19-13-6-4-3-5-7-13/h8-10,12-13,18H,3-7H2,1-2H3,(H,19,20)/t12-/m0/s1. The highest BCUT2D eigenvalue weighted by atomic mass is 35.5. The van der Waals surface area contributed by atoms with Gasteiger partial charge in [0.05, 0.1) is 0 Å². The first-order valence-electron chi connectivity index (χ1n) is 7.39. The highest BCUT2D eigenvalue weighted by Crippen LogP contribution is 2.21. The molecule has 1 fully saturated rings. The summed E-state index contributed by atoms with van der Waals surface area (Å²) in [6.07, 6.45) is 5.95. The van der Waals surface area contributed by atoms with Crippen molar-refractivity contribution < 1.29 is 4.79 Å². The minimum Gasteiger partial charge on any atom is -0.374 e. The van der Waals surface area contributed by atoms with Crippen molar-refractivity contribution in [2.75, 3.05) is 5.32 Å². The fraction of sp³-hybridized carbons (Fsp3) is 0.562. The number of carbonyl (C=O) groups excluding carboxylic acids is 1. The lowest BCUT2D eigenvalue weighted by molar-refractivity contribution is -0.122. The molecule has 0 aliphatic heterocycles. The molecule has 0 unspecified atom stereocenters. The average molecular weight is 295 g/mol. The normalized spacial score (nSPS) is 17.6. The van der Waals surface area contributed by atoms with Crippen molar-refractivity contribution in [2.24, 2.45) is 0 Å². The van der Waals surface area contributed by atoms with Gasteiger partial charge in [-0.2, -0.15) is 0 Å². The maximum Gasteiger partial charge on any atom is 0.242 e. The predicted molar refractivity (Wildman–Crippen MR) is 84.3 cm³/mol. The Morgan fingerprint density at radius 2 is 2.00 bits per heavy atom. The van der Waals surface area contributed by atoms with Crippen LogP contribution in [0.1, 0.15) is 44.6 Å². The average Bonchev–Trinajstić information content (AvgIpc) is 2.44. The van der Waals surface area contributed by atoms with Gasteiger partial charge in [0.15, 0.2) is 0 Å². The summed E-state index contributed by atoms with van der Waals surface area (Å²) in [5.41, 5.74) is 1.92. The van der Waals surface area contributed by atoms with Crippen LogP contribution >= 0.6 is 11.6 Å². The summed E-state index contributed by atoms with van der Waals surface area (Å²) in [6.45, 7) is 3.84. The molecule has 20 heavy (non-hydrogen) atoms. The van der Waals surface area contributed by atoms with E-state index in [9.17, 15) is 4.79 Å². The van der Waals surface area contributed by atoms with Crippen molar-refractivity contribution in [3.63, 3.8) is 0 Å². The van der Waals surface area contributed by atoms with E-state index in [1.807, 2.05) is 32.0 Å². The SMILES string of the molecule is Cc1ccc(N[C@@H](C)C(=O)NC2CCCCC2)cc1Cl. The van der Waals surface area contributed by atoms with Crippen molar-refractivity contribution in [1.82, 2.24) is 5.32 Å². The highest BCUT2D eigenvalue weighted by Gasteiger charge is 2.19. The maximum atomic E-state index is 12.2. The molecule has 1 aromatic carbocycles. The lowest BCUT2D eigenvalue weighted by Gasteiger charge is -2.25. The molecule has 4 heteroatoms. The number of hydrogen-bond acceptors (Lipinski definition) is 2. The minimum atomic E-state index is -0.254. The number of benzene rings is 1. The first-order chi connectivity index (χ1) is 9.56. The molecule has 3 nitrogen and oxygen atoms in total. The molecule has 2 N–H and O–H groups in total. The molecule has 2 rings (SSSR count). The first kappa shape index (κ1) is 15.2. The van der Waals surface area contributed by atoms with E-state index in [1.165, 1.54) is 19.3 Å². The number of hydrogen-bond donors (Lipinski definition) is 2. The van der Waals surface area contributed by atoms with Crippen LogP contribution in [-0.2, 0) is 4.79 Å². The molecule has 1 aromatic rings. The molecule has 1 amide bonds. The molecule has 0 bridgehead atoms. The number of halogens is 1. The highest BCUT2D eigenvalue weighted by molar-refractivity contribution is 6.31. The Morgan fingerprint density at radius 3 is 2.65 bits per heavy atom. The number of rotatable bonds is 4. The molecule has 1 saturated carbocycles. The predicted octanol–water partition coefficient (Wildman–Crippen LogP) is 3.90. The van der Waals surface area contributed by atoms with E-state index in [2.05, 4.69) is 10.6 Å². The van der Waals surface area contributed by atoms with E-state index in [1.54, 1.807) is 0 Å². The van der Waals surface area contributed by atoms with Gasteiger partial charge in [0.2, 0.25) is 5.91 Å². The van der Waals surface area contributed by atoms with Crippen LogP contribution in [0.5, 0.6) is 0 Å². The van der Waals surface area contributed by atoms with E-state index >= 15 is 0 Å². The summed E-state index contributed by atoms with van der Waals surface area (Å²) in [5.74, 6) is 0.0635. The number of carbonyl (C=O) groups is 1. The van der Waals surface area contributed by atoms with Crippen molar-refractivity contribution in [3.05, 3.63) is 28.8 Å². The van der Waals surface area contributed by atoms with E-state index in [0.717, 1.165) is 29.1 Å². The fourth-order valence-corrected chi connectivity index (χ4v) is 2.75. The van der Waals surface area contributed by atoms with E-state index in [4.69, 9.17) is 11.6 Å². The smallest absolute Gasteiger partial charge is 0.242 e. The third-order valence-electron chi connectivity index (χ3n) is 3.90. The van der Waals surface area contributed by atoms with Gasteiger partial charge in [0.25, 0.3) is 0 Å². The Labute approximate surface area is 126 Å². The summed E-state index contributed by atoms with van der Waals surface area (Å²) in [7, 11) is 0. The van der Waals surface area contributed by atoms with Gasteiger partial charge < -0.3 is 10.6 Å². The second kappa shape index (κ2) is 6.98. The molecular weight excluding hydrogens is 272 g/mol. The molecule has 0 radical (unpaired) electrons. The van der Waals surface area contributed by atoms with Crippen LogP contribution in [0, 0.1) is 6.92 Å². The summed E-state index contributed by atoms with van der Waals surface area (Å²) < 4.78 is 0. The third-order valence-corrected chi connectivity index (χ3v) is 4.31. The lowest BCUT2D eigenvalue weighted by Crippen LogP contribution is -2.44. The van der Waals surface area contributed by atoms with Gasteiger partial charge in [-0.25, -0.2) is 0 Å². The van der Waals surface area contributed by atoms with E-state index in [-0.39, 0.29) is 11.9 Å². The summed E-state index contributed by atoms with van der Waals surface area (Å²) in [4.78, 5) is 12.2. The van der Waals surface area contributed by atoms with Crippen LogP contribution in [0.3, 0.4) is 0 Å². The first-order valence-corrected chi connectivity index (χ1v) is 7.77. The van der Waals surface area contributed by atoms with Gasteiger partial charge in [-0.1, -0.05) is 36.9 Å². The molecule has 0 saturated heterocycles. The third kappa shape index (κ3) is 4.14. The van der Waals surface area contributed by atoms with E-state index < -0.39 is 0 Å². The second-order valence-electron chi connectivity index (χ2n) is 5.67. The summed E-state index contributed by atoms with van der Waals surface area (Å²) in [6, 6.07) is 5.86. The Morgan fingerprint density at radius 1 is 1.30 bits per heavy atom. The Kier molecular flexibility index (Phi) is 5.30. The topological polar surface area (TPSA) is 41.1 Å². The zero-order chi connectivity index (χ0) is 14.5. The van der Waals surface area contributed by atoms with Gasteiger partial charge in [-0.3, -0.25) is 4.79 Å². The number of amides is 1. The van der Waals surface area contributed by atoms with Crippen LogP contribution in [0.2, 0.25) is 5.02 Å². The molecule has 1 aliphatic carbocycles. The van der Waals surface area contributed by atoms with Gasteiger partial charge >= 0.3 is 0 Å². The molecule has 0 spiro atoms. The number of anilines is 1. The van der Waals surface area contributed by atoms with Gasteiger partial charge in [-0.15, -0.1) is 0 Å². The van der Waals surface area contributed by atoms with Crippen LogP contribution in [0.15, 0.2) is 18.2 Å². The zero-order valence-electron chi connectivity index (χ0n) is 12.2. The number of aryl methyl sites for hydroxylation is 1. The quantitative estimate of drug-likeness (QED) is 0.884. The molecule has 1 aliphatic rings. The molecule has 110 valence electrons. The zero-order valence-corrected chi connectivity index (χ0v) is 13.0. The van der Waals surface area contributed by atoms with Crippen LogP contribution in [-0.4, -0.2) is 18.0 Å². The van der Waals surface area contributed by atoms with Crippen molar-refractivity contribution in [3.8, 4) is 0 Å². The largest absolute Gasteiger partial charge is 0.374 e. The van der Waals surface area contributed by atoms with Crippen LogP contribution in [0.25, 0.3) is 0 Å². The van der Waals surface area contributed by atoms with Crippen molar-refractivity contribution in [2.45, 2.75) is 58.0 Å². The van der Waals surface area contributed by atoms with Crippen molar-refractivity contribution >= 4 is 23.2 Å². The summed E-state index contributed by atoms with van der Waals surface area (Å²) in [5, 5.41) is 7.05. The fourth-order valence-electron chi connectivity index (χ4n) is 2.57. The Bertz CT molecular complexity index is 470. The van der Waals surface area contributed by atoms with Crippen LogP contribution in [0.4, 0.5) is 5.69 Å². The summed E-state index contributed by atoms with van der Waals surface area (Å²) >= 11 is 6.09.